The lowest BCUT2D eigenvalue weighted by atomic mass is 10.8. The molecule has 0 aliphatic carbocycles. The van der Waals surface area contributed by atoms with Crippen LogP contribution in [0.2, 0.25) is 0 Å². The second kappa shape index (κ2) is 6.26. The first-order chi connectivity index (χ1) is 4.83. The molecule has 0 heterocycles. The van der Waals surface area contributed by atoms with E-state index in [4.69, 9.17) is 24.8 Å². The predicted molar refractivity (Wildman–Crippen MR) is 35.8 cm³/mol. The Morgan fingerprint density at radius 1 is 1.45 bits per heavy atom. The number of aliphatic carboxylic acids is 1. The van der Waals surface area contributed by atoms with E-state index in [1.807, 2.05) is 0 Å². The van der Waals surface area contributed by atoms with Crippen molar-refractivity contribution in [2.24, 2.45) is 5.73 Å². The molecule has 6 N–H and O–H groups in total. The first-order valence-electron chi connectivity index (χ1n) is 2.40. The monoisotopic (exact) mass is 187 g/mol. The molecule has 0 aromatic carbocycles. The number of hydrogen-bond acceptors (Lipinski definition) is 4. The Hall–Kier alpha value is -0.460. The Morgan fingerprint density at radius 2 is 1.64 bits per heavy atom. The maximum absolute atomic E-state index is 9.57. The van der Waals surface area contributed by atoms with Gasteiger partial charge in [0.2, 0.25) is 0 Å². The van der Waals surface area contributed by atoms with Crippen LogP contribution in [0, 0.1) is 0 Å². The van der Waals surface area contributed by atoms with Crippen LogP contribution < -0.4 is 5.73 Å². The molecule has 0 rings (SSSR count). The topological polar surface area (TPSA) is 141 Å². The summed E-state index contributed by atoms with van der Waals surface area (Å²) in [4.78, 5) is 24.7. The van der Waals surface area contributed by atoms with Crippen molar-refractivity contribution in [3.8, 4) is 0 Å². The molecule has 0 saturated heterocycles. The molecule has 8 heteroatoms. The van der Waals surface area contributed by atoms with Gasteiger partial charge in [0.25, 0.3) is 0 Å². The van der Waals surface area contributed by atoms with Gasteiger partial charge in [0, 0.05) is 0 Å². The average molecular weight is 187 g/mol. The average Bonchev–Trinajstić information content (AvgIpc) is 1.88. The van der Waals surface area contributed by atoms with Crippen LogP contribution in [0.15, 0.2) is 0 Å². The zero-order valence-electron chi connectivity index (χ0n) is 5.54. The lowest BCUT2D eigenvalue weighted by molar-refractivity contribution is -0.140. The molecular formula is C3H10NO6P. The van der Waals surface area contributed by atoms with E-state index < -0.39 is 26.5 Å². The molecule has 0 bridgehead atoms. The minimum absolute atomic E-state index is 0.562. The van der Waals surface area contributed by atoms with E-state index in [-0.39, 0.29) is 0 Å². The maximum Gasteiger partial charge on any atom is 0.338 e. The lowest BCUT2D eigenvalue weighted by Gasteiger charge is -1.92. The smallest absolute Gasteiger partial charge is 0.338 e. The zero-order valence-corrected chi connectivity index (χ0v) is 6.44. The number of hydrogen-bond donors (Lipinski definition) is 5. The van der Waals surface area contributed by atoms with Crippen molar-refractivity contribution in [2.75, 3.05) is 12.9 Å². The van der Waals surface area contributed by atoms with Crippen molar-refractivity contribution in [3.63, 3.8) is 0 Å². The fourth-order valence-electron chi connectivity index (χ4n) is 0. The molecule has 0 fully saturated rings. The van der Waals surface area contributed by atoms with E-state index in [1.165, 1.54) is 0 Å². The van der Waals surface area contributed by atoms with Gasteiger partial charge in [-0.25, -0.2) is 4.79 Å². The Balaban J connectivity index is 0. The van der Waals surface area contributed by atoms with Gasteiger partial charge in [-0.15, -0.1) is 0 Å². The molecule has 0 aromatic heterocycles. The predicted octanol–water partition coefficient (Wildman–Crippen LogP) is -1.86. The van der Waals surface area contributed by atoms with E-state index in [9.17, 15) is 4.57 Å². The van der Waals surface area contributed by atoms with Gasteiger partial charge >= 0.3 is 13.6 Å². The highest BCUT2D eigenvalue weighted by Crippen LogP contribution is 2.30. The van der Waals surface area contributed by atoms with Crippen LogP contribution in [-0.2, 0) is 9.36 Å². The third-order valence-corrected chi connectivity index (χ3v) is 0.849. The van der Waals surface area contributed by atoms with Crippen molar-refractivity contribution >= 4 is 13.6 Å². The summed E-state index contributed by atoms with van der Waals surface area (Å²) in [6, 6.07) is 0. The molecule has 0 aliphatic heterocycles. The number of rotatable bonds is 2. The highest BCUT2D eigenvalue weighted by molar-refractivity contribution is 7.51. The number of carboxylic acid groups (broad SMARTS) is 1. The van der Waals surface area contributed by atoms with Crippen LogP contribution in [0.4, 0.5) is 0 Å². The van der Waals surface area contributed by atoms with Gasteiger partial charge in [-0.05, 0) is 0 Å². The third kappa shape index (κ3) is 26.3. The number of aliphatic hydroxyl groups excluding tert-OH is 1. The number of nitrogens with two attached hydrogens (primary N) is 1. The quantitative estimate of drug-likeness (QED) is 0.319. The fourth-order valence-corrected chi connectivity index (χ4v) is 0. The van der Waals surface area contributed by atoms with Crippen LogP contribution in [0.25, 0.3) is 0 Å². The molecule has 0 radical (unpaired) electrons. The number of carbonyl (C=O) groups is 1. The van der Waals surface area contributed by atoms with Gasteiger partial charge in [0.1, 0.15) is 6.61 Å². The number of carboxylic acids is 1. The van der Waals surface area contributed by atoms with Crippen LogP contribution in [0.1, 0.15) is 0 Å². The van der Waals surface area contributed by atoms with Crippen LogP contribution >= 0.6 is 7.60 Å². The Morgan fingerprint density at radius 3 is 1.64 bits per heavy atom. The van der Waals surface area contributed by atoms with Crippen molar-refractivity contribution in [1.29, 1.82) is 0 Å². The fraction of sp³-hybridized carbons (Fsp3) is 0.667. The van der Waals surface area contributed by atoms with Gasteiger partial charge in [-0.2, -0.15) is 0 Å². The molecule has 0 unspecified atom stereocenters. The Labute approximate surface area is 62.6 Å². The minimum Gasteiger partial charge on any atom is -0.480 e. The molecule has 7 nitrogen and oxygen atoms in total. The molecule has 68 valence electrons. The summed E-state index contributed by atoms with van der Waals surface area (Å²) in [7, 11) is -3.87. The van der Waals surface area contributed by atoms with Gasteiger partial charge in [0.15, 0.2) is 0 Å². The standard InChI is InChI=1S/C2H4O3.CH6NO3P/c3-1-2(4)5;2-1-6(3,4)5/h3H,1H2,(H,4,5);1-2H2,(H2,3,4,5). The first-order valence-corrected chi connectivity index (χ1v) is 4.20. The second-order valence-corrected chi connectivity index (χ2v) is 3.09. The lowest BCUT2D eigenvalue weighted by Crippen LogP contribution is -1.98. The first kappa shape index (κ1) is 13.2. The van der Waals surface area contributed by atoms with Crippen molar-refractivity contribution < 1.29 is 29.4 Å². The van der Waals surface area contributed by atoms with Crippen LogP contribution in [0.5, 0.6) is 0 Å². The van der Waals surface area contributed by atoms with Gasteiger partial charge in [-0.3, -0.25) is 4.57 Å². The van der Waals surface area contributed by atoms with Gasteiger partial charge in [-0.1, -0.05) is 0 Å². The third-order valence-electron chi connectivity index (χ3n) is 0.373. The largest absolute Gasteiger partial charge is 0.480 e. The molecule has 0 spiro atoms. The zero-order chi connectivity index (χ0) is 9.49. The number of aliphatic hydroxyl groups is 1. The van der Waals surface area contributed by atoms with E-state index in [0.29, 0.717) is 0 Å². The van der Waals surface area contributed by atoms with Crippen molar-refractivity contribution in [2.45, 2.75) is 0 Å². The van der Waals surface area contributed by atoms with E-state index in [2.05, 4.69) is 5.73 Å². The summed E-state index contributed by atoms with van der Waals surface area (Å²) in [5.41, 5.74) is 4.54. The Bertz CT molecular complexity index is 152. The van der Waals surface area contributed by atoms with Crippen LogP contribution in [0.3, 0.4) is 0 Å². The van der Waals surface area contributed by atoms with Crippen molar-refractivity contribution in [3.05, 3.63) is 0 Å². The molecule has 0 aromatic rings. The summed E-state index contributed by atoms with van der Waals surface area (Å²) in [5.74, 6) is -1.19. The Kier molecular flexibility index (Phi) is 7.49. The van der Waals surface area contributed by atoms with Crippen LogP contribution in [-0.4, -0.2) is 38.9 Å². The summed E-state index contributed by atoms with van der Waals surface area (Å²) >= 11 is 0. The minimum atomic E-state index is -3.87. The SMILES string of the molecule is NCP(=O)(O)O.O=C(O)CO. The van der Waals surface area contributed by atoms with E-state index in [1.54, 1.807) is 0 Å². The molecule has 11 heavy (non-hydrogen) atoms. The van der Waals surface area contributed by atoms with E-state index in [0.717, 1.165) is 0 Å². The van der Waals surface area contributed by atoms with Gasteiger partial charge < -0.3 is 25.7 Å². The molecule has 0 saturated carbocycles. The molecule has 0 atom stereocenters. The summed E-state index contributed by atoms with van der Waals surface area (Å²) in [6.45, 7) is -0.778. The summed E-state index contributed by atoms with van der Waals surface area (Å²) in [6.07, 6.45) is -0.562. The maximum atomic E-state index is 9.57. The summed E-state index contributed by atoms with van der Waals surface area (Å²) < 4.78 is 9.57. The molecule has 0 amide bonds. The highest BCUT2D eigenvalue weighted by Gasteiger charge is 2.05. The normalized spacial score (nSPS) is 9.82. The molecule has 0 aliphatic rings. The van der Waals surface area contributed by atoms with E-state index >= 15 is 0 Å². The second-order valence-electron chi connectivity index (χ2n) is 1.40. The summed E-state index contributed by atoms with van der Waals surface area (Å²) in [5, 5.41) is 15.0. The van der Waals surface area contributed by atoms with Gasteiger partial charge in [0.05, 0.1) is 6.29 Å². The highest BCUT2D eigenvalue weighted by atomic mass is 31.2. The van der Waals surface area contributed by atoms with Crippen molar-refractivity contribution in [1.82, 2.24) is 0 Å². The molecular weight excluding hydrogens is 177 g/mol.